The van der Waals surface area contributed by atoms with E-state index < -0.39 is 0 Å². The molecule has 1 unspecified atom stereocenters. The molecule has 0 aliphatic carbocycles. The number of benzene rings is 2. The fourth-order valence-corrected chi connectivity index (χ4v) is 2.90. The van der Waals surface area contributed by atoms with E-state index in [9.17, 15) is 0 Å². The average Bonchev–Trinajstić information content (AvgIpc) is 3.26. The Morgan fingerprint density at radius 1 is 1.08 bits per heavy atom. The lowest BCUT2D eigenvalue weighted by atomic mass is 10.1. The number of aromatic nitrogens is 3. The highest BCUT2D eigenvalue weighted by Gasteiger charge is 2.16. The van der Waals surface area contributed by atoms with E-state index in [1.165, 1.54) is 0 Å². The Bertz CT molecular complexity index is 876. The van der Waals surface area contributed by atoms with E-state index in [-0.39, 0.29) is 6.04 Å². The number of hydrogen-bond donors (Lipinski definition) is 1. The maximum atomic E-state index is 5.45. The Kier molecular flexibility index (Phi) is 4.11. The van der Waals surface area contributed by atoms with Crippen molar-refractivity contribution in [3.63, 3.8) is 0 Å². The summed E-state index contributed by atoms with van der Waals surface area (Å²) in [6, 6.07) is 16.3. The highest BCUT2D eigenvalue weighted by atomic mass is 16.7. The van der Waals surface area contributed by atoms with Crippen LogP contribution in [0.4, 0.5) is 0 Å². The van der Waals surface area contributed by atoms with Crippen LogP contribution in [0.5, 0.6) is 11.5 Å². The van der Waals surface area contributed by atoms with Crippen molar-refractivity contribution < 1.29 is 9.47 Å². The zero-order valence-electron chi connectivity index (χ0n) is 14.3. The molecule has 0 amide bonds. The van der Waals surface area contributed by atoms with E-state index >= 15 is 0 Å². The highest BCUT2D eigenvalue weighted by molar-refractivity contribution is 5.54. The first-order valence-corrected chi connectivity index (χ1v) is 8.29. The Hall–Kier alpha value is -2.86. The predicted molar refractivity (Wildman–Crippen MR) is 94.3 cm³/mol. The molecule has 0 bridgehead atoms. The molecular formula is C19H20N4O2. The van der Waals surface area contributed by atoms with Gasteiger partial charge in [-0.15, -0.1) is 10.2 Å². The van der Waals surface area contributed by atoms with Gasteiger partial charge in [-0.05, 0) is 24.6 Å². The number of fused-ring (bicyclic) bond motifs is 1. The number of ether oxygens (including phenoxy) is 2. The minimum atomic E-state index is 0.159. The largest absolute Gasteiger partial charge is 0.454 e. The molecule has 25 heavy (non-hydrogen) atoms. The zero-order chi connectivity index (χ0) is 17.2. The Labute approximate surface area is 146 Å². The second-order valence-electron chi connectivity index (χ2n) is 6.08. The van der Waals surface area contributed by atoms with Crippen LogP contribution in [0, 0.1) is 0 Å². The maximum Gasteiger partial charge on any atom is 0.231 e. The molecule has 0 fully saturated rings. The predicted octanol–water partition coefficient (Wildman–Crippen LogP) is 3.06. The lowest BCUT2D eigenvalue weighted by Gasteiger charge is -2.14. The van der Waals surface area contributed by atoms with Gasteiger partial charge in [0.25, 0.3) is 0 Å². The van der Waals surface area contributed by atoms with Gasteiger partial charge in [0.2, 0.25) is 6.79 Å². The van der Waals surface area contributed by atoms with E-state index in [4.69, 9.17) is 9.47 Å². The molecule has 2 heterocycles. The van der Waals surface area contributed by atoms with Gasteiger partial charge in [0.1, 0.15) is 5.82 Å². The minimum Gasteiger partial charge on any atom is -0.454 e. The van der Waals surface area contributed by atoms with Crippen molar-refractivity contribution in [2.24, 2.45) is 7.05 Å². The Balaban J connectivity index is 1.46. The first-order valence-electron chi connectivity index (χ1n) is 8.29. The molecule has 128 valence electrons. The van der Waals surface area contributed by atoms with Crippen molar-refractivity contribution in [3.05, 3.63) is 59.9 Å². The van der Waals surface area contributed by atoms with E-state index in [2.05, 4.69) is 28.5 Å². The van der Waals surface area contributed by atoms with Gasteiger partial charge in [-0.3, -0.25) is 0 Å². The number of hydrogen-bond acceptors (Lipinski definition) is 5. The zero-order valence-corrected chi connectivity index (χ0v) is 14.3. The smallest absolute Gasteiger partial charge is 0.231 e. The molecule has 1 aromatic heterocycles. The van der Waals surface area contributed by atoms with Crippen LogP contribution in [0.3, 0.4) is 0 Å². The third-order valence-electron chi connectivity index (χ3n) is 4.46. The number of rotatable bonds is 5. The number of nitrogens with zero attached hydrogens (tertiary/aromatic N) is 3. The fourth-order valence-electron chi connectivity index (χ4n) is 2.90. The monoisotopic (exact) mass is 336 g/mol. The molecule has 6 nitrogen and oxygen atoms in total. The highest BCUT2D eigenvalue weighted by Crippen LogP contribution is 2.34. The van der Waals surface area contributed by atoms with E-state index in [1.807, 2.05) is 54.1 Å². The molecule has 6 heteroatoms. The topological polar surface area (TPSA) is 61.2 Å². The van der Waals surface area contributed by atoms with Gasteiger partial charge < -0.3 is 19.4 Å². The van der Waals surface area contributed by atoms with Gasteiger partial charge in [-0.2, -0.15) is 0 Å². The van der Waals surface area contributed by atoms with E-state index in [0.29, 0.717) is 13.3 Å². The molecule has 0 spiro atoms. The van der Waals surface area contributed by atoms with Gasteiger partial charge in [-0.1, -0.05) is 36.4 Å². The summed E-state index contributed by atoms with van der Waals surface area (Å²) in [5.74, 6) is 3.37. The lowest BCUT2D eigenvalue weighted by Crippen LogP contribution is -2.20. The average molecular weight is 336 g/mol. The second kappa shape index (κ2) is 6.57. The quantitative estimate of drug-likeness (QED) is 0.776. The summed E-state index contributed by atoms with van der Waals surface area (Å²) in [4.78, 5) is 0. The van der Waals surface area contributed by atoms with E-state index in [0.717, 1.165) is 34.3 Å². The van der Waals surface area contributed by atoms with Crippen molar-refractivity contribution in [2.45, 2.75) is 19.5 Å². The van der Waals surface area contributed by atoms with Crippen molar-refractivity contribution in [1.29, 1.82) is 0 Å². The third-order valence-corrected chi connectivity index (χ3v) is 4.46. The summed E-state index contributed by atoms with van der Waals surface area (Å²) in [6.07, 6.45) is 0. The molecule has 4 rings (SSSR count). The standard InChI is InChI=1S/C19H20N4O2/c1-13(15-8-9-16-17(10-15)25-12-24-16)20-11-18-21-22-19(23(18)2)14-6-4-3-5-7-14/h3-10,13,20H,11-12H2,1-2H3. The summed E-state index contributed by atoms with van der Waals surface area (Å²) in [5.41, 5.74) is 2.21. The fraction of sp³-hybridized carbons (Fsp3) is 0.263. The van der Waals surface area contributed by atoms with Crippen molar-refractivity contribution >= 4 is 0 Å². The van der Waals surface area contributed by atoms with Crippen molar-refractivity contribution in [3.8, 4) is 22.9 Å². The summed E-state index contributed by atoms with van der Waals surface area (Å²) < 4.78 is 12.8. The molecule has 0 saturated carbocycles. The first kappa shape index (κ1) is 15.7. The molecule has 1 atom stereocenters. The van der Waals surface area contributed by atoms with Gasteiger partial charge in [-0.25, -0.2) is 0 Å². The van der Waals surface area contributed by atoms with Crippen LogP contribution in [-0.2, 0) is 13.6 Å². The number of nitrogens with one attached hydrogen (secondary N) is 1. The summed E-state index contributed by atoms with van der Waals surface area (Å²) in [5, 5.41) is 12.1. The summed E-state index contributed by atoms with van der Waals surface area (Å²) >= 11 is 0. The lowest BCUT2D eigenvalue weighted by molar-refractivity contribution is 0.174. The van der Waals surface area contributed by atoms with Crippen LogP contribution >= 0.6 is 0 Å². The molecule has 1 N–H and O–H groups in total. The molecule has 0 radical (unpaired) electrons. The molecule has 2 aromatic carbocycles. The van der Waals surface area contributed by atoms with Crippen LogP contribution < -0.4 is 14.8 Å². The SMILES string of the molecule is CC(NCc1nnc(-c2ccccc2)n1C)c1ccc2c(c1)OCO2. The van der Waals surface area contributed by atoms with Crippen LogP contribution in [0.25, 0.3) is 11.4 Å². The van der Waals surface area contributed by atoms with Crippen LogP contribution in [0.1, 0.15) is 24.4 Å². The van der Waals surface area contributed by atoms with Crippen molar-refractivity contribution in [1.82, 2.24) is 20.1 Å². The van der Waals surface area contributed by atoms with Gasteiger partial charge in [0, 0.05) is 18.7 Å². The van der Waals surface area contributed by atoms with Gasteiger partial charge >= 0.3 is 0 Å². The summed E-state index contributed by atoms with van der Waals surface area (Å²) in [6.45, 7) is 3.04. The third kappa shape index (κ3) is 3.08. The molecule has 3 aromatic rings. The van der Waals surface area contributed by atoms with Gasteiger partial charge in [0.15, 0.2) is 17.3 Å². The Morgan fingerprint density at radius 3 is 2.72 bits per heavy atom. The molecular weight excluding hydrogens is 316 g/mol. The van der Waals surface area contributed by atoms with E-state index in [1.54, 1.807) is 0 Å². The van der Waals surface area contributed by atoms with Gasteiger partial charge in [0.05, 0.1) is 6.54 Å². The summed E-state index contributed by atoms with van der Waals surface area (Å²) in [7, 11) is 1.99. The first-order chi connectivity index (χ1) is 12.2. The second-order valence-corrected chi connectivity index (χ2v) is 6.08. The van der Waals surface area contributed by atoms with Crippen molar-refractivity contribution in [2.75, 3.05) is 6.79 Å². The van der Waals surface area contributed by atoms with Crippen LogP contribution in [0.15, 0.2) is 48.5 Å². The Morgan fingerprint density at radius 2 is 1.88 bits per heavy atom. The van der Waals surface area contributed by atoms with Crippen LogP contribution in [-0.4, -0.2) is 21.6 Å². The molecule has 1 aliphatic heterocycles. The molecule has 1 aliphatic rings. The maximum absolute atomic E-state index is 5.45. The minimum absolute atomic E-state index is 0.159. The normalized spacial score (nSPS) is 13.8. The van der Waals surface area contributed by atoms with Crippen LogP contribution in [0.2, 0.25) is 0 Å². The molecule has 0 saturated heterocycles.